The van der Waals surface area contributed by atoms with E-state index in [1.807, 2.05) is 0 Å². The molecule has 6 heteroatoms. The van der Waals surface area contributed by atoms with Crippen LogP contribution in [0.5, 0.6) is 0 Å². The fourth-order valence-corrected chi connectivity index (χ4v) is 7.93. The number of rotatable bonds is 6. The molecule has 1 heterocycles. The minimum absolute atomic E-state index is 0.135. The van der Waals surface area contributed by atoms with Gasteiger partial charge in [0, 0.05) is 11.6 Å². The van der Waals surface area contributed by atoms with Gasteiger partial charge in [-0.1, -0.05) is 45.9 Å². The smallest absolute Gasteiger partial charge is 0.316 e. The Morgan fingerprint density at radius 1 is 1.03 bits per heavy atom. The molecular weight excluding hydrogens is 408 g/mol. The zero-order valence-electron chi connectivity index (χ0n) is 19.8. The number of anilines is 1. The summed E-state index contributed by atoms with van der Waals surface area (Å²) >= 11 is 0. The highest BCUT2D eigenvalue weighted by Gasteiger charge is 2.43. The Morgan fingerprint density at radius 3 is 2.16 bits per heavy atom. The van der Waals surface area contributed by atoms with E-state index in [-0.39, 0.29) is 5.88 Å². The molecule has 1 aliphatic heterocycles. The molecule has 0 aromatic heterocycles. The maximum atomic E-state index is 11.8. The van der Waals surface area contributed by atoms with E-state index < -0.39 is 10.1 Å². The molecule has 2 saturated carbocycles. The van der Waals surface area contributed by atoms with Gasteiger partial charge in [-0.25, -0.2) is 0 Å². The average molecular weight is 450 g/mol. The number of nitrogens with zero attached hydrogens (tertiary/aromatic N) is 2. The lowest BCUT2D eigenvalue weighted by atomic mass is 9.60. The number of para-hydroxylation sites is 1. The molecule has 2 aliphatic carbocycles. The second kappa shape index (κ2) is 8.03. The van der Waals surface area contributed by atoms with Crippen LogP contribution in [0.2, 0.25) is 0 Å². The number of piperazine rings is 1. The Kier molecular flexibility index (Phi) is 5.98. The zero-order chi connectivity index (χ0) is 22.5. The van der Waals surface area contributed by atoms with E-state index in [1.54, 1.807) is 0 Å². The minimum Gasteiger partial charge on any atom is -0.360 e. The van der Waals surface area contributed by atoms with Gasteiger partial charge in [0.05, 0.1) is 32.7 Å². The predicted octanol–water partition coefficient (Wildman–Crippen LogP) is 4.90. The van der Waals surface area contributed by atoms with Gasteiger partial charge in [0.15, 0.2) is 0 Å². The number of hydrogen-bond donors (Lipinski definition) is 1. The van der Waals surface area contributed by atoms with Crippen molar-refractivity contribution in [1.82, 2.24) is 0 Å². The van der Waals surface area contributed by atoms with Crippen molar-refractivity contribution in [2.24, 2.45) is 16.7 Å². The predicted molar refractivity (Wildman–Crippen MR) is 127 cm³/mol. The molecule has 4 rings (SSSR count). The van der Waals surface area contributed by atoms with Gasteiger partial charge in [0.1, 0.15) is 0 Å². The van der Waals surface area contributed by atoms with Crippen LogP contribution in [0.25, 0.3) is 0 Å². The molecule has 5 nitrogen and oxygen atoms in total. The fourth-order valence-electron chi connectivity index (χ4n) is 6.88. The molecule has 1 aromatic rings. The van der Waals surface area contributed by atoms with Gasteiger partial charge in [-0.15, -0.1) is 0 Å². The molecule has 0 spiro atoms. The Morgan fingerprint density at radius 2 is 1.61 bits per heavy atom. The summed E-state index contributed by atoms with van der Waals surface area (Å²) in [6.07, 6.45) is 6.09. The summed E-state index contributed by atoms with van der Waals surface area (Å²) in [6, 6.07) is 8.88. The van der Waals surface area contributed by atoms with E-state index in [9.17, 15) is 13.0 Å². The lowest BCUT2D eigenvalue weighted by molar-refractivity contribution is -0.919. The van der Waals surface area contributed by atoms with Crippen LogP contribution in [0.1, 0.15) is 71.3 Å². The van der Waals surface area contributed by atoms with Crippen molar-refractivity contribution >= 4 is 15.8 Å². The summed E-state index contributed by atoms with van der Waals surface area (Å²) in [7, 11) is -3.98. The van der Waals surface area contributed by atoms with Gasteiger partial charge in [0.2, 0.25) is 5.88 Å². The highest BCUT2D eigenvalue weighted by atomic mass is 32.2. The van der Waals surface area contributed by atoms with Gasteiger partial charge < -0.3 is 9.38 Å². The molecule has 1 saturated heterocycles. The molecular formula is C25H41N2O3S+. The topological polar surface area (TPSA) is 57.6 Å². The number of quaternary nitrogens is 1. The van der Waals surface area contributed by atoms with Crippen LogP contribution in [-0.2, 0) is 10.1 Å². The zero-order valence-corrected chi connectivity index (χ0v) is 20.6. The normalized spacial score (nSPS) is 26.0. The highest BCUT2D eigenvalue weighted by Crippen LogP contribution is 2.53. The molecule has 0 amide bonds. The SMILES string of the molecule is CC1(C)CC(c2ccccc2N2CC[N+](CC3CC3)(CS(=O)(=O)O)CC2)CC(C)(C)C1. The summed E-state index contributed by atoms with van der Waals surface area (Å²) in [5.41, 5.74) is 3.47. The molecule has 3 fully saturated rings. The van der Waals surface area contributed by atoms with Crippen molar-refractivity contribution in [3.05, 3.63) is 29.8 Å². The van der Waals surface area contributed by atoms with Crippen molar-refractivity contribution in [1.29, 1.82) is 0 Å². The van der Waals surface area contributed by atoms with E-state index in [2.05, 4.69) is 56.9 Å². The molecule has 31 heavy (non-hydrogen) atoms. The van der Waals surface area contributed by atoms with Crippen molar-refractivity contribution < 1.29 is 17.5 Å². The first-order valence-corrected chi connectivity index (χ1v) is 13.6. The summed E-state index contributed by atoms with van der Waals surface area (Å²) < 4.78 is 33.7. The third-order valence-electron chi connectivity index (χ3n) is 7.74. The first kappa shape index (κ1) is 23.1. The maximum Gasteiger partial charge on any atom is 0.316 e. The summed E-state index contributed by atoms with van der Waals surface area (Å²) in [5, 5.41) is 0. The van der Waals surface area contributed by atoms with Gasteiger partial charge >= 0.3 is 10.1 Å². The second-order valence-corrected chi connectivity index (χ2v) is 13.7. The summed E-state index contributed by atoms with van der Waals surface area (Å²) in [4.78, 5) is 2.47. The van der Waals surface area contributed by atoms with Gasteiger partial charge in [-0.3, -0.25) is 4.55 Å². The molecule has 0 radical (unpaired) electrons. The second-order valence-electron chi connectivity index (χ2n) is 12.3. The Hall–Kier alpha value is -1.11. The molecule has 3 aliphatic rings. The van der Waals surface area contributed by atoms with Crippen LogP contribution in [0.3, 0.4) is 0 Å². The minimum atomic E-state index is -3.98. The molecule has 174 valence electrons. The number of hydrogen-bond acceptors (Lipinski definition) is 3. The maximum absolute atomic E-state index is 11.8. The van der Waals surface area contributed by atoms with Crippen LogP contribution in [0.15, 0.2) is 24.3 Å². The number of benzene rings is 1. The standard InChI is InChI=1S/C25H40N2O3S/c1-24(2)15-21(16-25(3,4)18-24)22-7-5-6-8-23(22)26-11-13-27(14-12-26,17-20-9-10-20)19-31(28,29)30/h5-8,20-21H,9-19H2,1-4H3/p+1. The van der Waals surface area contributed by atoms with Gasteiger partial charge in [-0.05, 0) is 60.5 Å². The van der Waals surface area contributed by atoms with E-state index in [0.29, 0.717) is 27.1 Å². The highest BCUT2D eigenvalue weighted by molar-refractivity contribution is 7.85. The van der Waals surface area contributed by atoms with Crippen molar-refractivity contribution in [3.8, 4) is 0 Å². The third kappa shape index (κ3) is 5.82. The Labute approximate surface area is 189 Å². The molecule has 0 unspecified atom stereocenters. The average Bonchev–Trinajstić information content (AvgIpc) is 3.42. The molecule has 1 N–H and O–H groups in total. The van der Waals surface area contributed by atoms with Gasteiger partial charge in [-0.2, -0.15) is 8.42 Å². The van der Waals surface area contributed by atoms with E-state index >= 15 is 0 Å². The monoisotopic (exact) mass is 449 g/mol. The lowest BCUT2D eigenvalue weighted by Crippen LogP contribution is -2.62. The van der Waals surface area contributed by atoms with Crippen molar-refractivity contribution in [2.75, 3.05) is 43.5 Å². The van der Waals surface area contributed by atoms with E-state index in [4.69, 9.17) is 0 Å². The largest absolute Gasteiger partial charge is 0.360 e. The quantitative estimate of drug-likeness (QED) is 0.496. The lowest BCUT2D eigenvalue weighted by Gasteiger charge is -2.47. The molecule has 0 bridgehead atoms. The Balaban J connectivity index is 1.54. The Bertz CT molecular complexity index is 881. The van der Waals surface area contributed by atoms with E-state index in [1.165, 1.54) is 43.4 Å². The summed E-state index contributed by atoms with van der Waals surface area (Å²) in [6.45, 7) is 13.8. The molecule has 0 atom stereocenters. The van der Waals surface area contributed by atoms with Gasteiger partial charge in [0.25, 0.3) is 0 Å². The first-order chi connectivity index (χ1) is 14.4. The van der Waals surface area contributed by atoms with Crippen molar-refractivity contribution in [2.45, 2.75) is 65.7 Å². The van der Waals surface area contributed by atoms with Crippen LogP contribution >= 0.6 is 0 Å². The van der Waals surface area contributed by atoms with Crippen LogP contribution in [-0.4, -0.2) is 56.1 Å². The third-order valence-corrected chi connectivity index (χ3v) is 8.61. The summed E-state index contributed by atoms with van der Waals surface area (Å²) in [5.74, 6) is 1.05. The van der Waals surface area contributed by atoms with Crippen LogP contribution in [0, 0.1) is 16.7 Å². The van der Waals surface area contributed by atoms with E-state index in [0.717, 1.165) is 32.7 Å². The van der Waals surface area contributed by atoms with Crippen LogP contribution in [0.4, 0.5) is 5.69 Å². The van der Waals surface area contributed by atoms with Crippen molar-refractivity contribution in [3.63, 3.8) is 0 Å². The van der Waals surface area contributed by atoms with Crippen LogP contribution < -0.4 is 4.90 Å². The first-order valence-electron chi connectivity index (χ1n) is 12.0. The molecule has 1 aromatic carbocycles. The fraction of sp³-hybridized carbons (Fsp3) is 0.760.